The van der Waals surface area contributed by atoms with E-state index in [9.17, 15) is 0 Å². The summed E-state index contributed by atoms with van der Waals surface area (Å²) < 4.78 is 2.24. The standard InChI is InChI=1S/C14H16N2/c1-2-6-13-12(5-1)7-8-15-14(13)11-16-9-3-4-10-16/h1-6,9-10,14-15H,7-8,11H2. The molecule has 16 heavy (non-hydrogen) atoms. The van der Waals surface area contributed by atoms with Crippen LogP contribution < -0.4 is 5.32 Å². The molecule has 1 aliphatic heterocycles. The maximum Gasteiger partial charge on any atom is 0.0504 e. The minimum atomic E-state index is 0.456. The highest BCUT2D eigenvalue weighted by Crippen LogP contribution is 2.23. The molecular weight excluding hydrogens is 196 g/mol. The fraction of sp³-hybridized carbons (Fsp3) is 0.286. The lowest BCUT2D eigenvalue weighted by molar-refractivity contribution is 0.444. The molecule has 2 nitrogen and oxygen atoms in total. The summed E-state index contributed by atoms with van der Waals surface area (Å²) in [4.78, 5) is 0. The van der Waals surface area contributed by atoms with Crippen molar-refractivity contribution in [2.24, 2.45) is 0 Å². The van der Waals surface area contributed by atoms with Gasteiger partial charge in [0.15, 0.2) is 0 Å². The second-order valence-corrected chi connectivity index (χ2v) is 4.34. The van der Waals surface area contributed by atoms with Crippen LogP contribution >= 0.6 is 0 Å². The zero-order valence-electron chi connectivity index (χ0n) is 9.26. The van der Waals surface area contributed by atoms with Crippen LogP contribution in [0.3, 0.4) is 0 Å². The van der Waals surface area contributed by atoms with E-state index in [-0.39, 0.29) is 0 Å². The van der Waals surface area contributed by atoms with Crippen molar-refractivity contribution in [1.82, 2.24) is 9.88 Å². The highest BCUT2D eigenvalue weighted by Gasteiger charge is 2.18. The number of hydrogen-bond acceptors (Lipinski definition) is 1. The Bertz CT molecular complexity index is 459. The lowest BCUT2D eigenvalue weighted by Crippen LogP contribution is -2.32. The van der Waals surface area contributed by atoms with E-state index >= 15 is 0 Å². The van der Waals surface area contributed by atoms with Gasteiger partial charge in [0.1, 0.15) is 0 Å². The first-order chi connectivity index (χ1) is 7.93. The molecule has 3 rings (SSSR count). The van der Waals surface area contributed by atoms with Gasteiger partial charge in [0.2, 0.25) is 0 Å². The summed E-state index contributed by atoms with van der Waals surface area (Å²) in [6.07, 6.45) is 5.40. The second-order valence-electron chi connectivity index (χ2n) is 4.34. The normalized spacial score (nSPS) is 19.4. The van der Waals surface area contributed by atoms with Crippen LogP contribution in [0.1, 0.15) is 17.2 Å². The van der Waals surface area contributed by atoms with Crippen LogP contribution in [0.4, 0.5) is 0 Å². The van der Waals surface area contributed by atoms with E-state index in [0.717, 1.165) is 19.5 Å². The molecule has 1 unspecified atom stereocenters. The van der Waals surface area contributed by atoms with Gasteiger partial charge >= 0.3 is 0 Å². The van der Waals surface area contributed by atoms with Gasteiger partial charge < -0.3 is 9.88 Å². The summed E-state index contributed by atoms with van der Waals surface area (Å²) in [5.74, 6) is 0. The first-order valence-corrected chi connectivity index (χ1v) is 5.85. The number of rotatable bonds is 2. The molecule has 2 heterocycles. The molecular formula is C14H16N2. The number of benzene rings is 1. The third-order valence-corrected chi connectivity index (χ3v) is 3.28. The Morgan fingerprint density at radius 3 is 2.81 bits per heavy atom. The molecule has 1 atom stereocenters. The lowest BCUT2D eigenvalue weighted by Gasteiger charge is -2.27. The second kappa shape index (κ2) is 4.14. The average Bonchev–Trinajstić information content (AvgIpc) is 2.82. The topological polar surface area (TPSA) is 17.0 Å². The molecule has 1 N–H and O–H groups in total. The van der Waals surface area contributed by atoms with Crippen LogP contribution in [0.15, 0.2) is 48.8 Å². The van der Waals surface area contributed by atoms with Crippen LogP contribution in [0.25, 0.3) is 0 Å². The fourth-order valence-corrected chi connectivity index (χ4v) is 2.46. The van der Waals surface area contributed by atoms with Crippen LogP contribution in [-0.4, -0.2) is 11.1 Å². The monoisotopic (exact) mass is 212 g/mol. The molecule has 1 aromatic heterocycles. The highest BCUT2D eigenvalue weighted by atomic mass is 15.0. The molecule has 0 radical (unpaired) electrons. The predicted octanol–water partition coefficient (Wildman–Crippen LogP) is 2.38. The van der Waals surface area contributed by atoms with Gasteiger partial charge in [-0.2, -0.15) is 0 Å². The van der Waals surface area contributed by atoms with Crippen molar-refractivity contribution in [2.75, 3.05) is 6.54 Å². The quantitative estimate of drug-likeness (QED) is 0.808. The molecule has 0 fully saturated rings. The fourth-order valence-electron chi connectivity index (χ4n) is 2.46. The van der Waals surface area contributed by atoms with E-state index in [1.165, 1.54) is 11.1 Å². The molecule has 0 bridgehead atoms. The van der Waals surface area contributed by atoms with Crippen molar-refractivity contribution in [3.63, 3.8) is 0 Å². The van der Waals surface area contributed by atoms with E-state index in [0.29, 0.717) is 6.04 Å². The van der Waals surface area contributed by atoms with Crippen molar-refractivity contribution < 1.29 is 0 Å². The van der Waals surface area contributed by atoms with E-state index in [2.05, 4.69) is 58.7 Å². The van der Waals surface area contributed by atoms with Crippen molar-refractivity contribution in [3.8, 4) is 0 Å². The number of fused-ring (bicyclic) bond motifs is 1. The first-order valence-electron chi connectivity index (χ1n) is 5.85. The zero-order valence-corrected chi connectivity index (χ0v) is 9.26. The summed E-state index contributed by atoms with van der Waals surface area (Å²) in [7, 11) is 0. The largest absolute Gasteiger partial charge is 0.352 e. The Hall–Kier alpha value is -1.54. The molecule has 0 spiro atoms. The summed E-state index contributed by atoms with van der Waals surface area (Å²) in [5, 5.41) is 3.59. The van der Waals surface area contributed by atoms with Crippen LogP contribution in [-0.2, 0) is 13.0 Å². The minimum Gasteiger partial charge on any atom is -0.352 e. The molecule has 0 saturated carbocycles. The first kappa shape index (κ1) is 9.67. The van der Waals surface area contributed by atoms with Crippen molar-refractivity contribution in [1.29, 1.82) is 0 Å². The minimum absolute atomic E-state index is 0.456. The maximum atomic E-state index is 3.59. The molecule has 2 heteroatoms. The van der Waals surface area contributed by atoms with Gasteiger partial charge in [0.05, 0.1) is 6.04 Å². The van der Waals surface area contributed by atoms with E-state index in [1.807, 2.05) is 0 Å². The molecule has 2 aromatic rings. The van der Waals surface area contributed by atoms with E-state index in [4.69, 9.17) is 0 Å². The smallest absolute Gasteiger partial charge is 0.0504 e. The molecule has 1 aliphatic rings. The average molecular weight is 212 g/mol. The van der Waals surface area contributed by atoms with Crippen LogP contribution in [0, 0.1) is 0 Å². The zero-order chi connectivity index (χ0) is 10.8. The SMILES string of the molecule is c1ccc2c(c1)CCNC2Cn1cccc1. The Morgan fingerprint density at radius 2 is 1.94 bits per heavy atom. The molecule has 0 amide bonds. The van der Waals surface area contributed by atoms with Gasteiger partial charge in [-0.05, 0) is 36.2 Å². The van der Waals surface area contributed by atoms with Gasteiger partial charge in [-0.15, -0.1) is 0 Å². The number of nitrogens with zero attached hydrogens (tertiary/aromatic N) is 1. The summed E-state index contributed by atoms with van der Waals surface area (Å²) in [6, 6.07) is 13.4. The van der Waals surface area contributed by atoms with Crippen LogP contribution in [0.2, 0.25) is 0 Å². The van der Waals surface area contributed by atoms with Gasteiger partial charge in [0, 0.05) is 18.9 Å². The van der Waals surface area contributed by atoms with Gasteiger partial charge in [-0.25, -0.2) is 0 Å². The molecule has 0 saturated heterocycles. The molecule has 82 valence electrons. The number of nitrogens with one attached hydrogen (secondary N) is 1. The summed E-state index contributed by atoms with van der Waals surface area (Å²) >= 11 is 0. The van der Waals surface area contributed by atoms with Gasteiger partial charge in [0.25, 0.3) is 0 Å². The van der Waals surface area contributed by atoms with Crippen molar-refractivity contribution in [3.05, 3.63) is 59.9 Å². The third-order valence-electron chi connectivity index (χ3n) is 3.28. The van der Waals surface area contributed by atoms with Crippen molar-refractivity contribution >= 4 is 0 Å². The maximum absolute atomic E-state index is 3.59. The summed E-state index contributed by atoms with van der Waals surface area (Å²) in [6.45, 7) is 2.10. The van der Waals surface area contributed by atoms with E-state index in [1.54, 1.807) is 0 Å². The Kier molecular flexibility index (Phi) is 2.50. The Balaban J connectivity index is 1.87. The number of aromatic nitrogens is 1. The van der Waals surface area contributed by atoms with Gasteiger partial charge in [-0.3, -0.25) is 0 Å². The Labute approximate surface area is 95.9 Å². The molecule has 1 aromatic carbocycles. The molecule has 0 aliphatic carbocycles. The number of hydrogen-bond donors (Lipinski definition) is 1. The van der Waals surface area contributed by atoms with Crippen LogP contribution in [0.5, 0.6) is 0 Å². The Morgan fingerprint density at radius 1 is 1.12 bits per heavy atom. The lowest BCUT2D eigenvalue weighted by atomic mass is 9.94. The van der Waals surface area contributed by atoms with Crippen molar-refractivity contribution in [2.45, 2.75) is 19.0 Å². The predicted molar refractivity (Wildman–Crippen MR) is 65.3 cm³/mol. The third kappa shape index (κ3) is 1.76. The highest BCUT2D eigenvalue weighted by molar-refractivity contribution is 5.32. The summed E-state index contributed by atoms with van der Waals surface area (Å²) in [5.41, 5.74) is 2.96. The van der Waals surface area contributed by atoms with Gasteiger partial charge in [-0.1, -0.05) is 24.3 Å². The van der Waals surface area contributed by atoms with E-state index < -0.39 is 0 Å².